The van der Waals surface area contributed by atoms with Crippen molar-refractivity contribution >= 4 is 28.7 Å². The number of nitrogens with one attached hydrogen (secondary N) is 1. The van der Waals surface area contributed by atoms with Crippen LogP contribution in [0, 0.1) is 13.8 Å². The van der Waals surface area contributed by atoms with Gasteiger partial charge in [0.25, 0.3) is 0 Å². The van der Waals surface area contributed by atoms with Crippen LogP contribution in [-0.2, 0) is 4.74 Å². The monoisotopic (exact) mass is 454 g/mol. The Morgan fingerprint density at radius 1 is 1.03 bits per heavy atom. The van der Waals surface area contributed by atoms with Crippen molar-refractivity contribution in [3.8, 4) is 10.6 Å². The zero-order chi connectivity index (χ0) is 22.3. The van der Waals surface area contributed by atoms with Crippen LogP contribution < -0.4 is 10.2 Å². The molecule has 0 bridgehead atoms. The van der Waals surface area contributed by atoms with Crippen LogP contribution in [0.2, 0.25) is 0 Å². The lowest BCUT2D eigenvalue weighted by Gasteiger charge is -2.36. The lowest BCUT2D eigenvalue weighted by molar-refractivity contribution is 0.0724. The molecule has 0 atom stereocenters. The quantitative estimate of drug-likeness (QED) is 0.477. The first kappa shape index (κ1) is 22.6. The fourth-order valence-corrected chi connectivity index (χ4v) is 4.68. The van der Waals surface area contributed by atoms with Gasteiger partial charge < -0.3 is 20.1 Å². The molecule has 0 unspecified atom stereocenters. The number of aromatic nitrogens is 3. The molecule has 3 heterocycles. The Labute approximate surface area is 192 Å². The number of rotatable bonds is 9. The van der Waals surface area contributed by atoms with E-state index in [9.17, 15) is 0 Å². The average molecular weight is 455 g/mol. The summed E-state index contributed by atoms with van der Waals surface area (Å²) < 4.78 is 5.37. The van der Waals surface area contributed by atoms with E-state index >= 15 is 0 Å². The Morgan fingerprint density at radius 3 is 2.50 bits per heavy atom. The van der Waals surface area contributed by atoms with E-state index in [1.54, 1.807) is 17.5 Å². The van der Waals surface area contributed by atoms with Crippen LogP contribution in [0.1, 0.15) is 10.7 Å². The molecular formula is C23H30N6O2S. The molecule has 0 spiro atoms. The Kier molecular flexibility index (Phi) is 7.64. The summed E-state index contributed by atoms with van der Waals surface area (Å²) in [5.74, 6) is 0.581. The first-order chi connectivity index (χ1) is 15.6. The van der Waals surface area contributed by atoms with E-state index < -0.39 is 0 Å². The fraction of sp³-hybridized carbons (Fsp3) is 0.435. The molecule has 0 amide bonds. The normalized spacial score (nSPS) is 14.7. The molecular weight excluding hydrogens is 424 g/mol. The van der Waals surface area contributed by atoms with Gasteiger partial charge >= 0.3 is 0 Å². The number of piperazine rings is 1. The van der Waals surface area contributed by atoms with Gasteiger partial charge in [-0.15, -0.1) is 11.3 Å². The molecule has 170 valence electrons. The number of aliphatic hydroxyl groups excluding tert-OH is 1. The van der Waals surface area contributed by atoms with Gasteiger partial charge in [-0.1, -0.05) is 0 Å². The molecule has 8 nitrogen and oxygen atoms in total. The highest BCUT2D eigenvalue weighted by atomic mass is 32.1. The molecule has 1 aromatic carbocycles. The second-order valence-corrected chi connectivity index (χ2v) is 8.95. The summed E-state index contributed by atoms with van der Waals surface area (Å²) in [6.07, 6.45) is 1.78. The van der Waals surface area contributed by atoms with Crippen molar-refractivity contribution in [1.29, 1.82) is 0 Å². The lowest BCUT2D eigenvalue weighted by atomic mass is 10.2. The summed E-state index contributed by atoms with van der Waals surface area (Å²) >= 11 is 1.65. The molecule has 2 N–H and O–H groups in total. The second kappa shape index (κ2) is 10.8. The summed E-state index contributed by atoms with van der Waals surface area (Å²) in [4.78, 5) is 19.4. The van der Waals surface area contributed by atoms with Crippen molar-refractivity contribution < 1.29 is 9.84 Å². The lowest BCUT2D eigenvalue weighted by Crippen LogP contribution is -2.47. The Morgan fingerprint density at radius 2 is 1.81 bits per heavy atom. The minimum Gasteiger partial charge on any atom is -0.394 e. The van der Waals surface area contributed by atoms with E-state index in [0.29, 0.717) is 19.2 Å². The molecule has 0 saturated carbocycles. The van der Waals surface area contributed by atoms with E-state index in [2.05, 4.69) is 54.3 Å². The SMILES string of the molecule is Cc1nc(C)c(-c2ccnc(Nc3ccc(N4CCN(CCOCCO)CC4)cc3)n2)s1. The molecule has 2 aromatic heterocycles. The third-order valence-corrected chi connectivity index (χ3v) is 6.54. The van der Waals surface area contributed by atoms with Gasteiger partial charge in [-0.3, -0.25) is 4.90 Å². The molecule has 9 heteroatoms. The van der Waals surface area contributed by atoms with Crippen molar-refractivity contribution in [2.24, 2.45) is 0 Å². The molecule has 1 aliphatic rings. The number of hydrogen-bond acceptors (Lipinski definition) is 9. The minimum absolute atomic E-state index is 0.0850. The van der Waals surface area contributed by atoms with Crippen molar-refractivity contribution in [3.05, 3.63) is 47.2 Å². The molecule has 0 aliphatic carbocycles. The first-order valence-corrected chi connectivity index (χ1v) is 11.7. The molecule has 3 aromatic rings. The van der Waals surface area contributed by atoms with Crippen LogP contribution in [-0.4, -0.2) is 77.5 Å². The van der Waals surface area contributed by atoms with Gasteiger partial charge in [-0.25, -0.2) is 15.0 Å². The maximum Gasteiger partial charge on any atom is 0.227 e. The average Bonchev–Trinajstić information content (AvgIpc) is 3.16. The number of thiazole rings is 1. The molecule has 0 radical (unpaired) electrons. The van der Waals surface area contributed by atoms with Gasteiger partial charge in [0.05, 0.1) is 41.1 Å². The highest BCUT2D eigenvalue weighted by Crippen LogP contribution is 2.29. The third-order valence-electron chi connectivity index (χ3n) is 5.44. The molecule has 1 fully saturated rings. The van der Waals surface area contributed by atoms with Crippen molar-refractivity contribution in [2.45, 2.75) is 13.8 Å². The van der Waals surface area contributed by atoms with Gasteiger partial charge in [0.1, 0.15) is 0 Å². The summed E-state index contributed by atoms with van der Waals surface area (Å²) in [6.45, 7) is 10.1. The highest BCUT2D eigenvalue weighted by molar-refractivity contribution is 7.15. The third kappa shape index (κ3) is 5.80. The second-order valence-electron chi connectivity index (χ2n) is 7.75. The summed E-state index contributed by atoms with van der Waals surface area (Å²) in [5.41, 5.74) is 4.07. The molecule has 32 heavy (non-hydrogen) atoms. The van der Waals surface area contributed by atoms with Gasteiger partial charge in [-0.05, 0) is 44.2 Å². The maximum absolute atomic E-state index is 8.78. The smallest absolute Gasteiger partial charge is 0.227 e. The maximum atomic E-state index is 8.78. The summed E-state index contributed by atoms with van der Waals surface area (Å²) in [6, 6.07) is 10.4. The summed E-state index contributed by atoms with van der Waals surface area (Å²) in [7, 11) is 0. The van der Waals surface area contributed by atoms with E-state index in [0.717, 1.165) is 59.7 Å². The van der Waals surface area contributed by atoms with Crippen LogP contribution >= 0.6 is 11.3 Å². The van der Waals surface area contributed by atoms with Crippen LogP contribution in [0.5, 0.6) is 0 Å². The van der Waals surface area contributed by atoms with E-state index in [-0.39, 0.29) is 6.61 Å². The molecule has 1 aliphatic heterocycles. The van der Waals surface area contributed by atoms with Crippen molar-refractivity contribution in [2.75, 3.05) is 62.8 Å². The number of nitrogens with zero attached hydrogens (tertiary/aromatic N) is 5. The topological polar surface area (TPSA) is 86.6 Å². The van der Waals surface area contributed by atoms with E-state index in [4.69, 9.17) is 9.84 Å². The number of benzene rings is 1. The van der Waals surface area contributed by atoms with Gasteiger partial charge in [0.2, 0.25) is 5.95 Å². The zero-order valence-electron chi connectivity index (χ0n) is 18.6. The zero-order valence-corrected chi connectivity index (χ0v) is 19.4. The Hall–Kier alpha value is -2.59. The van der Waals surface area contributed by atoms with Crippen molar-refractivity contribution in [3.63, 3.8) is 0 Å². The van der Waals surface area contributed by atoms with Gasteiger partial charge in [0, 0.05) is 50.3 Å². The standard InChI is InChI=1S/C23H30N6O2S/c1-17-22(32-18(2)25-17)21-7-8-24-23(27-21)26-19-3-5-20(6-4-19)29-11-9-28(10-12-29)13-15-31-16-14-30/h3-8,30H,9-16H2,1-2H3,(H,24,26,27). The minimum atomic E-state index is 0.0850. The van der Waals surface area contributed by atoms with E-state index in [1.807, 2.05) is 19.9 Å². The van der Waals surface area contributed by atoms with Crippen LogP contribution in [0.4, 0.5) is 17.3 Å². The fourth-order valence-electron chi connectivity index (χ4n) is 3.79. The largest absolute Gasteiger partial charge is 0.394 e. The number of hydrogen-bond donors (Lipinski definition) is 2. The number of aryl methyl sites for hydroxylation is 2. The molecule has 1 saturated heterocycles. The number of anilines is 3. The van der Waals surface area contributed by atoms with E-state index in [1.165, 1.54) is 5.69 Å². The highest BCUT2D eigenvalue weighted by Gasteiger charge is 2.17. The number of aliphatic hydroxyl groups is 1. The van der Waals surface area contributed by atoms with Crippen LogP contribution in [0.15, 0.2) is 36.5 Å². The van der Waals surface area contributed by atoms with Crippen LogP contribution in [0.3, 0.4) is 0 Å². The predicted molar refractivity (Wildman–Crippen MR) is 129 cm³/mol. The molecule has 4 rings (SSSR count). The van der Waals surface area contributed by atoms with Gasteiger partial charge in [-0.2, -0.15) is 0 Å². The summed E-state index contributed by atoms with van der Waals surface area (Å²) in [5, 5.41) is 13.1. The van der Waals surface area contributed by atoms with Crippen molar-refractivity contribution in [1.82, 2.24) is 19.9 Å². The van der Waals surface area contributed by atoms with Gasteiger partial charge in [0.15, 0.2) is 0 Å². The first-order valence-electron chi connectivity index (χ1n) is 10.9. The Bertz CT molecular complexity index is 1000. The Balaban J connectivity index is 1.32. The predicted octanol–water partition coefficient (Wildman–Crippen LogP) is 3.09. The van der Waals surface area contributed by atoms with Crippen LogP contribution in [0.25, 0.3) is 10.6 Å². The number of ether oxygens (including phenoxy) is 1.